The number of benzene rings is 3. The van der Waals surface area contributed by atoms with Gasteiger partial charge in [0, 0.05) is 12.2 Å². The van der Waals surface area contributed by atoms with Crippen LogP contribution in [0.5, 0.6) is 0 Å². The van der Waals surface area contributed by atoms with Crippen LogP contribution in [0.25, 0.3) is 10.9 Å². The van der Waals surface area contributed by atoms with Crippen LogP contribution in [-0.2, 0) is 29.2 Å². The van der Waals surface area contributed by atoms with Gasteiger partial charge < -0.3 is 0 Å². The van der Waals surface area contributed by atoms with Gasteiger partial charge in [0.15, 0.2) is 0 Å². The molecule has 10 heteroatoms. The molecule has 0 aliphatic rings. The van der Waals surface area contributed by atoms with Crippen LogP contribution in [0.1, 0.15) is 11.1 Å². The number of aromatic nitrogens is 2. The van der Waals surface area contributed by atoms with E-state index in [0.717, 1.165) is 23.8 Å². The Morgan fingerprint density at radius 3 is 2.41 bits per heavy atom. The lowest BCUT2D eigenvalue weighted by atomic mass is 10.1. The summed E-state index contributed by atoms with van der Waals surface area (Å²) in [6, 6.07) is 17.6. The smallest absolute Gasteiger partial charge is 0.284 e. The number of fused-ring (bicyclic) bond motifs is 1. The summed E-state index contributed by atoms with van der Waals surface area (Å²) in [6.45, 7) is 0.512. The maximum absolute atomic E-state index is 12.9. The number of nitrogens with one attached hydrogen (secondary N) is 2. The van der Waals surface area contributed by atoms with E-state index >= 15 is 0 Å². The molecule has 0 saturated carbocycles. The highest BCUT2D eigenvalue weighted by Crippen LogP contribution is 2.31. The lowest BCUT2D eigenvalue weighted by Gasteiger charge is -2.11. The average molecular weight is 461 g/mol. The van der Waals surface area contributed by atoms with Gasteiger partial charge in [-0.3, -0.25) is 19.3 Å². The van der Waals surface area contributed by atoms with E-state index in [2.05, 4.69) is 9.82 Å². The predicted molar refractivity (Wildman–Crippen MR) is 115 cm³/mol. The quantitative estimate of drug-likeness (QED) is 0.447. The molecule has 0 atom stereocenters. The van der Waals surface area contributed by atoms with E-state index in [1.807, 2.05) is 30.3 Å². The maximum atomic E-state index is 12.9. The van der Waals surface area contributed by atoms with E-state index in [-0.39, 0.29) is 11.1 Å². The van der Waals surface area contributed by atoms with Crippen molar-refractivity contribution in [3.63, 3.8) is 0 Å². The number of anilines is 1. The minimum absolute atomic E-state index is 0.0706. The zero-order valence-corrected chi connectivity index (χ0v) is 17.4. The molecule has 0 aliphatic heterocycles. The van der Waals surface area contributed by atoms with E-state index in [0.29, 0.717) is 24.5 Å². The van der Waals surface area contributed by atoms with Crippen molar-refractivity contribution in [2.45, 2.75) is 24.0 Å². The summed E-state index contributed by atoms with van der Waals surface area (Å²) < 4.78 is 67.9. The number of hydrogen-bond donors (Lipinski definition) is 2. The highest BCUT2D eigenvalue weighted by atomic mass is 32.2. The van der Waals surface area contributed by atoms with E-state index < -0.39 is 32.2 Å². The SMILES string of the molecule is O=c1[nH]n(CCc2ccccc2)c2ccc(NS(=O)(=O)c3cccc(C(F)(F)F)c3)cc12. The highest BCUT2D eigenvalue weighted by molar-refractivity contribution is 7.92. The first kappa shape index (κ1) is 21.7. The first-order valence-corrected chi connectivity index (χ1v) is 11.1. The van der Waals surface area contributed by atoms with Gasteiger partial charge in [-0.1, -0.05) is 36.4 Å². The van der Waals surface area contributed by atoms with Crippen molar-refractivity contribution in [3.05, 3.63) is 94.3 Å². The molecule has 0 amide bonds. The van der Waals surface area contributed by atoms with Gasteiger partial charge in [-0.15, -0.1) is 0 Å². The van der Waals surface area contributed by atoms with Gasteiger partial charge in [-0.25, -0.2) is 8.42 Å². The number of aryl methyl sites for hydroxylation is 2. The lowest BCUT2D eigenvalue weighted by Crippen LogP contribution is -2.14. The summed E-state index contributed by atoms with van der Waals surface area (Å²) in [5.41, 5.74) is 0.297. The number of rotatable bonds is 6. The number of halogens is 3. The maximum Gasteiger partial charge on any atom is 0.416 e. The van der Waals surface area contributed by atoms with Crippen molar-refractivity contribution in [2.75, 3.05) is 4.72 Å². The minimum atomic E-state index is -4.67. The fourth-order valence-electron chi connectivity index (χ4n) is 3.38. The summed E-state index contributed by atoms with van der Waals surface area (Å²) >= 11 is 0. The number of hydrogen-bond acceptors (Lipinski definition) is 3. The van der Waals surface area contributed by atoms with Crippen LogP contribution in [0.15, 0.2) is 82.5 Å². The molecule has 2 N–H and O–H groups in total. The molecular formula is C22H18F3N3O3S. The third kappa shape index (κ3) is 4.54. The van der Waals surface area contributed by atoms with Crippen molar-refractivity contribution < 1.29 is 21.6 Å². The van der Waals surface area contributed by atoms with Crippen LogP contribution in [-0.4, -0.2) is 18.2 Å². The molecule has 0 fully saturated rings. The summed E-state index contributed by atoms with van der Waals surface area (Å²) in [7, 11) is -4.29. The van der Waals surface area contributed by atoms with E-state index in [1.165, 1.54) is 12.1 Å². The molecule has 0 bridgehead atoms. The highest BCUT2D eigenvalue weighted by Gasteiger charge is 2.31. The Balaban J connectivity index is 1.59. The van der Waals surface area contributed by atoms with Gasteiger partial charge >= 0.3 is 6.18 Å². The summed E-state index contributed by atoms with van der Waals surface area (Å²) in [4.78, 5) is 11.8. The molecule has 6 nitrogen and oxygen atoms in total. The van der Waals surface area contributed by atoms with E-state index in [9.17, 15) is 26.4 Å². The van der Waals surface area contributed by atoms with Crippen LogP contribution in [0.4, 0.5) is 18.9 Å². The Bertz CT molecular complexity index is 1430. The average Bonchev–Trinajstić information content (AvgIpc) is 3.07. The summed E-state index contributed by atoms with van der Waals surface area (Å²) in [6.07, 6.45) is -3.98. The molecule has 166 valence electrons. The van der Waals surface area contributed by atoms with E-state index in [4.69, 9.17) is 0 Å². The zero-order chi connectivity index (χ0) is 22.9. The second-order valence-electron chi connectivity index (χ2n) is 7.19. The Morgan fingerprint density at radius 2 is 1.69 bits per heavy atom. The molecule has 0 radical (unpaired) electrons. The topological polar surface area (TPSA) is 84.0 Å². The van der Waals surface area contributed by atoms with Gasteiger partial charge in [-0.05, 0) is 48.4 Å². The molecule has 3 aromatic carbocycles. The molecule has 4 rings (SSSR count). The minimum Gasteiger partial charge on any atom is -0.284 e. The van der Waals surface area contributed by atoms with Gasteiger partial charge in [0.2, 0.25) is 0 Å². The lowest BCUT2D eigenvalue weighted by molar-refractivity contribution is -0.137. The van der Waals surface area contributed by atoms with Crippen LogP contribution < -0.4 is 10.3 Å². The number of H-pyrrole nitrogens is 1. The van der Waals surface area contributed by atoms with Gasteiger partial charge in [-0.2, -0.15) is 13.2 Å². The van der Waals surface area contributed by atoms with Crippen molar-refractivity contribution in [1.29, 1.82) is 0 Å². The van der Waals surface area contributed by atoms with Crippen molar-refractivity contribution in [3.8, 4) is 0 Å². The first-order valence-electron chi connectivity index (χ1n) is 9.60. The van der Waals surface area contributed by atoms with Crippen molar-refractivity contribution in [2.24, 2.45) is 0 Å². The van der Waals surface area contributed by atoms with Gasteiger partial charge in [0.25, 0.3) is 15.6 Å². The number of sulfonamides is 1. The van der Waals surface area contributed by atoms with Crippen LogP contribution in [0.2, 0.25) is 0 Å². The zero-order valence-electron chi connectivity index (χ0n) is 16.6. The molecule has 32 heavy (non-hydrogen) atoms. The van der Waals surface area contributed by atoms with Gasteiger partial charge in [0.05, 0.1) is 21.4 Å². The third-order valence-corrected chi connectivity index (χ3v) is 6.34. The fraction of sp³-hybridized carbons (Fsp3) is 0.136. The summed E-state index contributed by atoms with van der Waals surface area (Å²) in [5, 5.41) is 2.99. The van der Waals surface area contributed by atoms with Crippen LogP contribution in [0, 0.1) is 0 Å². The second-order valence-corrected chi connectivity index (χ2v) is 8.87. The standard InChI is InChI=1S/C22H18F3N3O3S/c23-22(24,25)16-7-4-8-18(13-16)32(30,31)27-17-9-10-20-19(14-17)21(29)26-28(20)12-11-15-5-2-1-3-6-15/h1-10,13-14,27H,11-12H2,(H,26,29). The molecule has 0 aliphatic carbocycles. The third-order valence-electron chi connectivity index (χ3n) is 4.96. The Hall–Kier alpha value is -3.53. The Kier molecular flexibility index (Phi) is 5.55. The largest absolute Gasteiger partial charge is 0.416 e. The molecule has 1 aromatic heterocycles. The van der Waals surface area contributed by atoms with Crippen molar-refractivity contribution >= 4 is 26.6 Å². The number of alkyl halides is 3. The van der Waals surface area contributed by atoms with E-state index in [1.54, 1.807) is 10.7 Å². The monoisotopic (exact) mass is 461 g/mol. The summed E-state index contributed by atoms with van der Waals surface area (Å²) in [5.74, 6) is 0. The fourth-order valence-corrected chi connectivity index (χ4v) is 4.47. The second kappa shape index (κ2) is 8.19. The molecule has 1 heterocycles. The molecule has 0 saturated heterocycles. The van der Waals surface area contributed by atoms with Crippen LogP contribution in [0.3, 0.4) is 0 Å². The first-order chi connectivity index (χ1) is 15.1. The number of nitrogens with zero attached hydrogens (tertiary/aromatic N) is 1. The molecule has 4 aromatic rings. The van der Waals surface area contributed by atoms with Crippen LogP contribution >= 0.6 is 0 Å². The normalized spacial score (nSPS) is 12.2. The molecule has 0 unspecified atom stereocenters. The van der Waals surface area contributed by atoms with Gasteiger partial charge in [0.1, 0.15) is 0 Å². The van der Waals surface area contributed by atoms with Crippen molar-refractivity contribution in [1.82, 2.24) is 9.78 Å². The Morgan fingerprint density at radius 1 is 0.938 bits per heavy atom. The number of aromatic amines is 1. The predicted octanol–water partition coefficient (Wildman–Crippen LogP) is 4.39. The molecule has 0 spiro atoms. The molecular weight excluding hydrogens is 443 g/mol. The Labute approximate surface area is 181 Å².